The third-order valence-corrected chi connectivity index (χ3v) is 8.13. The maximum atomic E-state index is 12.9. The number of aromatic nitrogens is 1. The van der Waals surface area contributed by atoms with Gasteiger partial charge in [0.1, 0.15) is 0 Å². The van der Waals surface area contributed by atoms with Crippen molar-refractivity contribution in [1.82, 2.24) is 9.29 Å². The fraction of sp³-hybridized carbons (Fsp3) is 0.263. The molecule has 0 unspecified atom stereocenters. The van der Waals surface area contributed by atoms with Gasteiger partial charge in [0.15, 0.2) is 5.13 Å². The third-order valence-electron chi connectivity index (χ3n) is 4.63. The fourth-order valence-electron chi connectivity index (χ4n) is 3.13. The van der Waals surface area contributed by atoms with Crippen LogP contribution in [0.1, 0.15) is 6.92 Å². The van der Waals surface area contributed by atoms with E-state index in [0.717, 1.165) is 16.4 Å². The second kappa shape index (κ2) is 8.23. The number of piperazine rings is 1. The Morgan fingerprint density at radius 2 is 1.79 bits per heavy atom. The molecule has 0 spiro atoms. The lowest BCUT2D eigenvalue weighted by Gasteiger charge is -2.33. The van der Waals surface area contributed by atoms with Gasteiger partial charge >= 0.3 is 0 Å². The minimum Gasteiger partial charge on any atom is -0.345 e. The highest BCUT2D eigenvalue weighted by atomic mass is 32.2. The van der Waals surface area contributed by atoms with Crippen molar-refractivity contribution in [2.24, 2.45) is 0 Å². The molecule has 1 aliphatic heterocycles. The highest BCUT2D eigenvalue weighted by Crippen LogP contribution is 2.30. The number of carbonyl (C=O) groups excluding carboxylic acids is 1. The number of nitrogens with zero attached hydrogens (tertiary/aromatic N) is 3. The molecule has 7 nitrogen and oxygen atoms in total. The summed E-state index contributed by atoms with van der Waals surface area (Å²) in [6.07, 6.45) is 0. The summed E-state index contributed by atoms with van der Waals surface area (Å²) >= 11 is 3.22. The van der Waals surface area contributed by atoms with Gasteiger partial charge in [-0.3, -0.25) is 4.79 Å². The minimum atomic E-state index is -3.56. The van der Waals surface area contributed by atoms with E-state index in [0.29, 0.717) is 31.9 Å². The molecule has 10 heteroatoms. The number of rotatable bonds is 5. The van der Waals surface area contributed by atoms with Crippen LogP contribution >= 0.6 is 22.7 Å². The predicted molar refractivity (Wildman–Crippen MR) is 117 cm³/mol. The standard InChI is InChI=1S/C19H20N4O3S3/c1-14(24)20-16-2-4-17(5-3-16)29(25,26)23-9-7-22(8-10-23)19-21-18(13-28-19)15-6-11-27-12-15/h2-6,11-13H,7-10H2,1H3,(H,20,24). The van der Waals surface area contributed by atoms with Gasteiger partial charge in [0.25, 0.3) is 0 Å². The van der Waals surface area contributed by atoms with Crippen molar-refractivity contribution in [3.8, 4) is 11.3 Å². The maximum absolute atomic E-state index is 12.9. The monoisotopic (exact) mass is 448 g/mol. The second-order valence-electron chi connectivity index (χ2n) is 6.62. The smallest absolute Gasteiger partial charge is 0.243 e. The number of thiazole rings is 1. The van der Waals surface area contributed by atoms with Gasteiger partial charge in [-0.1, -0.05) is 0 Å². The average molecular weight is 449 g/mol. The van der Waals surface area contributed by atoms with Crippen molar-refractivity contribution in [3.63, 3.8) is 0 Å². The molecular weight excluding hydrogens is 428 g/mol. The SMILES string of the molecule is CC(=O)Nc1ccc(S(=O)(=O)N2CCN(c3nc(-c4ccsc4)cs3)CC2)cc1. The van der Waals surface area contributed by atoms with Crippen LogP contribution in [0.2, 0.25) is 0 Å². The predicted octanol–water partition coefficient (Wildman–Crippen LogP) is 3.34. The molecule has 0 atom stereocenters. The molecule has 2 aromatic heterocycles. The summed E-state index contributed by atoms with van der Waals surface area (Å²) in [5, 5.41) is 9.70. The van der Waals surface area contributed by atoms with E-state index in [2.05, 4.69) is 15.6 Å². The highest BCUT2D eigenvalue weighted by molar-refractivity contribution is 7.89. The van der Waals surface area contributed by atoms with Crippen LogP contribution in [0.25, 0.3) is 11.3 Å². The van der Waals surface area contributed by atoms with E-state index in [4.69, 9.17) is 4.98 Å². The summed E-state index contributed by atoms with van der Waals surface area (Å²) in [5.74, 6) is -0.193. The summed E-state index contributed by atoms with van der Waals surface area (Å²) in [6.45, 7) is 3.42. The zero-order valence-corrected chi connectivity index (χ0v) is 18.2. The molecule has 1 fully saturated rings. The number of anilines is 2. The Morgan fingerprint density at radius 1 is 1.07 bits per heavy atom. The van der Waals surface area contributed by atoms with E-state index in [-0.39, 0.29) is 10.8 Å². The lowest BCUT2D eigenvalue weighted by atomic mass is 10.3. The number of hydrogen-bond donors (Lipinski definition) is 1. The first-order valence-corrected chi connectivity index (χ1v) is 12.3. The first-order valence-electron chi connectivity index (χ1n) is 9.04. The highest BCUT2D eigenvalue weighted by Gasteiger charge is 2.29. The Balaban J connectivity index is 1.41. The molecule has 4 rings (SSSR count). The molecule has 3 heterocycles. The van der Waals surface area contributed by atoms with Gasteiger partial charge < -0.3 is 10.2 Å². The summed E-state index contributed by atoms with van der Waals surface area (Å²) in [6, 6.07) is 8.31. The van der Waals surface area contributed by atoms with Crippen LogP contribution in [-0.2, 0) is 14.8 Å². The lowest BCUT2D eigenvalue weighted by Crippen LogP contribution is -2.48. The van der Waals surface area contributed by atoms with Crippen molar-refractivity contribution in [2.45, 2.75) is 11.8 Å². The lowest BCUT2D eigenvalue weighted by molar-refractivity contribution is -0.114. The largest absolute Gasteiger partial charge is 0.345 e. The molecule has 1 amide bonds. The number of thiophene rings is 1. The second-order valence-corrected chi connectivity index (χ2v) is 10.2. The van der Waals surface area contributed by atoms with E-state index >= 15 is 0 Å². The average Bonchev–Trinajstić information content (AvgIpc) is 3.40. The molecule has 0 saturated carbocycles. The van der Waals surface area contributed by atoms with Gasteiger partial charge in [-0.05, 0) is 35.7 Å². The van der Waals surface area contributed by atoms with Crippen LogP contribution in [0.4, 0.5) is 10.8 Å². The topological polar surface area (TPSA) is 82.6 Å². The van der Waals surface area contributed by atoms with Crippen molar-refractivity contribution in [2.75, 3.05) is 36.4 Å². The molecule has 1 N–H and O–H groups in total. The minimum absolute atomic E-state index is 0.193. The molecule has 0 radical (unpaired) electrons. The number of amides is 1. The number of hydrogen-bond acceptors (Lipinski definition) is 7. The van der Waals surface area contributed by atoms with E-state index in [1.807, 2.05) is 16.8 Å². The van der Waals surface area contributed by atoms with Crippen molar-refractivity contribution < 1.29 is 13.2 Å². The van der Waals surface area contributed by atoms with Crippen LogP contribution in [0.5, 0.6) is 0 Å². The van der Waals surface area contributed by atoms with Gasteiger partial charge in [0.05, 0.1) is 10.6 Å². The summed E-state index contributed by atoms with van der Waals surface area (Å²) < 4.78 is 27.4. The Labute approximate surface area is 177 Å². The Morgan fingerprint density at radius 3 is 2.41 bits per heavy atom. The first-order chi connectivity index (χ1) is 13.9. The van der Waals surface area contributed by atoms with Gasteiger partial charge in [0.2, 0.25) is 15.9 Å². The fourth-order valence-corrected chi connectivity index (χ4v) is 6.10. The molecule has 1 saturated heterocycles. The molecular formula is C19H20N4O3S3. The van der Waals surface area contributed by atoms with Crippen LogP contribution in [-0.4, -0.2) is 49.8 Å². The normalized spacial score (nSPS) is 15.4. The molecule has 0 aliphatic carbocycles. The molecule has 152 valence electrons. The van der Waals surface area contributed by atoms with Gasteiger partial charge in [0, 0.05) is 55.1 Å². The Hall–Kier alpha value is -2.27. The van der Waals surface area contributed by atoms with E-state index in [9.17, 15) is 13.2 Å². The van der Waals surface area contributed by atoms with E-state index in [1.165, 1.54) is 23.4 Å². The van der Waals surface area contributed by atoms with Crippen LogP contribution in [0, 0.1) is 0 Å². The van der Waals surface area contributed by atoms with Crippen molar-refractivity contribution >= 4 is 49.4 Å². The Kier molecular flexibility index (Phi) is 5.68. The summed E-state index contributed by atoms with van der Waals surface area (Å²) in [7, 11) is -3.56. The molecule has 1 aliphatic rings. The quantitative estimate of drug-likeness (QED) is 0.647. The number of nitrogens with one attached hydrogen (secondary N) is 1. The van der Waals surface area contributed by atoms with Crippen molar-refractivity contribution in [3.05, 3.63) is 46.5 Å². The molecule has 3 aromatic rings. The van der Waals surface area contributed by atoms with Gasteiger partial charge in [-0.25, -0.2) is 13.4 Å². The van der Waals surface area contributed by atoms with Crippen LogP contribution in [0.3, 0.4) is 0 Å². The molecule has 0 bridgehead atoms. The number of benzene rings is 1. The first kappa shape index (κ1) is 20.0. The van der Waals surface area contributed by atoms with Gasteiger partial charge in [-0.15, -0.1) is 11.3 Å². The van der Waals surface area contributed by atoms with E-state index < -0.39 is 10.0 Å². The van der Waals surface area contributed by atoms with Gasteiger partial charge in [-0.2, -0.15) is 15.6 Å². The van der Waals surface area contributed by atoms with Crippen LogP contribution in [0.15, 0.2) is 51.4 Å². The molecule has 29 heavy (non-hydrogen) atoms. The zero-order chi connectivity index (χ0) is 20.4. The third kappa shape index (κ3) is 4.35. The van der Waals surface area contributed by atoms with Crippen LogP contribution < -0.4 is 10.2 Å². The Bertz CT molecular complexity index is 1080. The maximum Gasteiger partial charge on any atom is 0.243 e. The van der Waals surface area contributed by atoms with Crippen molar-refractivity contribution in [1.29, 1.82) is 0 Å². The summed E-state index contributed by atoms with van der Waals surface area (Å²) in [5.41, 5.74) is 2.65. The summed E-state index contributed by atoms with van der Waals surface area (Å²) in [4.78, 5) is 18.2. The van der Waals surface area contributed by atoms with E-state index in [1.54, 1.807) is 34.8 Å². The zero-order valence-electron chi connectivity index (χ0n) is 15.7. The number of sulfonamides is 1. The molecule has 1 aromatic carbocycles. The number of carbonyl (C=O) groups is 1.